The van der Waals surface area contributed by atoms with Gasteiger partial charge in [0.15, 0.2) is 11.6 Å². The first-order chi connectivity index (χ1) is 14.1. The van der Waals surface area contributed by atoms with Crippen molar-refractivity contribution < 1.29 is 19.4 Å². The lowest BCUT2D eigenvalue weighted by Gasteiger charge is -2.07. The Bertz CT molecular complexity index is 1050. The van der Waals surface area contributed by atoms with Gasteiger partial charge in [-0.15, -0.1) is 0 Å². The molecule has 0 spiro atoms. The number of aromatic amines is 1. The quantitative estimate of drug-likeness (QED) is 0.223. The molecule has 0 amide bonds. The smallest absolute Gasteiger partial charge is 0.306 e. The molecule has 8 heteroatoms. The van der Waals surface area contributed by atoms with Crippen LogP contribution >= 0.6 is 15.9 Å². The van der Waals surface area contributed by atoms with Crippen LogP contribution in [-0.2, 0) is 9.53 Å². The second kappa shape index (κ2) is 9.75. The van der Waals surface area contributed by atoms with Gasteiger partial charge in [-0.2, -0.15) is 5.26 Å². The molecule has 0 aliphatic heterocycles. The number of nitrogens with zero attached hydrogens (tertiary/aromatic N) is 2. The number of benzene rings is 2. The topological polar surface area (TPSA) is 108 Å². The number of aliphatic hydroxyl groups is 1. The number of fused-ring (bicyclic) bond motifs is 1. The molecule has 1 aromatic heterocycles. The van der Waals surface area contributed by atoms with Crippen LogP contribution in [-0.4, -0.2) is 34.3 Å². The summed E-state index contributed by atoms with van der Waals surface area (Å²) in [5.74, 6) is 0.0871. The van der Waals surface area contributed by atoms with Gasteiger partial charge in [-0.3, -0.25) is 4.79 Å². The van der Waals surface area contributed by atoms with E-state index in [0.717, 1.165) is 9.99 Å². The Hall–Kier alpha value is -3.31. The van der Waals surface area contributed by atoms with E-state index in [0.29, 0.717) is 24.3 Å². The van der Waals surface area contributed by atoms with Gasteiger partial charge in [-0.1, -0.05) is 34.1 Å². The zero-order chi connectivity index (χ0) is 20.6. The molecule has 0 saturated carbocycles. The Morgan fingerprint density at radius 1 is 1.24 bits per heavy atom. The number of halogens is 1. The number of nitrogens with one attached hydrogen (secondary N) is 1. The second-order valence-electron chi connectivity index (χ2n) is 6.11. The highest BCUT2D eigenvalue weighted by Gasteiger charge is 2.14. The number of carbonyl (C=O) groups is 1. The molecule has 0 fully saturated rings. The number of aromatic nitrogens is 2. The fourth-order valence-corrected chi connectivity index (χ4v) is 2.96. The lowest BCUT2D eigenvalue weighted by atomic mass is 10.2. The molecule has 3 rings (SSSR count). The molecule has 1 heterocycles. The molecule has 148 valence electrons. The van der Waals surface area contributed by atoms with E-state index in [-0.39, 0.29) is 23.6 Å². The molecule has 0 unspecified atom stereocenters. The van der Waals surface area contributed by atoms with E-state index in [2.05, 4.69) is 25.9 Å². The maximum Gasteiger partial charge on any atom is 0.306 e. The molecule has 0 saturated heterocycles. The number of rotatable bonds is 8. The van der Waals surface area contributed by atoms with Crippen molar-refractivity contribution in [2.45, 2.75) is 12.8 Å². The van der Waals surface area contributed by atoms with Crippen LogP contribution < -0.4 is 4.74 Å². The lowest BCUT2D eigenvalue weighted by molar-refractivity contribution is -0.143. The van der Waals surface area contributed by atoms with Gasteiger partial charge in [0.1, 0.15) is 24.0 Å². The fraction of sp³-hybridized carbons (Fsp3) is 0.190. The Balaban J connectivity index is 1.49. The van der Waals surface area contributed by atoms with Gasteiger partial charge in [0.25, 0.3) is 0 Å². The second-order valence-corrected chi connectivity index (χ2v) is 7.02. The number of imidazole rings is 1. The van der Waals surface area contributed by atoms with Crippen LogP contribution in [0, 0.1) is 11.3 Å². The summed E-state index contributed by atoms with van der Waals surface area (Å²) >= 11 is 3.36. The number of esters is 1. The van der Waals surface area contributed by atoms with Gasteiger partial charge < -0.3 is 19.6 Å². The predicted octanol–water partition coefficient (Wildman–Crippen LogP) is 4.52. The van der Waals surface area contributed by atoms with Gasteiger partial charge in [0.2, 0.25) is 0 Å². The van der Waals surface area contributed by atoms with Crippen molar-refractivity contribution in [3.05, 3.63) is 64.6 Å². The number of hydrogen-bond donors (Lipinski definition) is 2. The van der Waals surface area contributed by atoms with Gasteiger partial charge in [-0.25, -0.2) is 4.98 Å². The average Bonchev–Trinajstić information content (AvgIpc) is 3.14. The van der Waals surface area contributed by atoms with Crippen molar-refractivity contribution in [1.82, 2.24) is 9.97 Å². The third-order valence-electron chi connectivity index (χ3n) is 3.99. The number of ether oxygens (including phenoxy) is 2. The van der Waals surface area contributed by atoms with Crippen LogP contribution in [0.3, 0.4) is 0 Å². The number of H-pyrrole nitrogens is 1. The molecule has 0 aliphatic rings. The van der Waals surface area contributed by atoms with Crippen molar-refractivity contribution in [2.24, 2.45) is 0 Å². The number of aliphatic hydroxyl groups excluding tert-OH is 1. The summed E-state index contributed by atoms with van der Waals surface area (Å²) in [6.07, 6.45) is 0.596. The normalized spacial score (nSPS) is 11.6. The van der Waals surface area contributed by atoms with Gasteiger partial charge in [-0.05, 0) is 36.8 Å². The highest BCUT2D eigenvalue weighted by molar-refractivity contribution is 9.10. The van der Waals surface area contributed by atoms with Crippen LogP contribution in [0.25, 0.3) is 16.6 Å². The first-order valence-corrected chi connectivity index (χ1v) is 9.67. The maximum atomic E-state index is 11.9. The third kappa shape index (κ3) is 5.59. The lowest BCUT2D eigenvalue weighted by Crippen LogP contribution is -2.10. The largest absolute Gasteiger partial charge is 0.507 e. The van der Waals surface area contributed by atoms with Crippen molar-refractivity contribution >= 4 is 38.5 Å². The molecule has 0 bridgehead atoms. The summed E-state index contributed by atoms with van der Waals surface area (Å²) in [5.41, 5.74) is 1.35. The first-order valence-electron chi connectivity index (χ1n) is 8.88. The van der Waals surface area contributed by atoms with E-state index >= 15 is 0 Å². The van der Waals surface area contributed by atoms with Crippen LogP contribution in [0.2, 0.25) is 0 Å². The van der Waals surface area contributed by atoms with E-state index in [4.69, 9.17) is 9.47 Å². The summed E-state index contributed by atoms with van der Waals surface area (Å²) in [5, 5.41) is 19.5. The zero-order valence-electron chi connectivity index (χ0n) is 15.4. The molecular weight excluding hydrogens is 438 g/mol. The molecule has 3 aromatic rings. The molecule has 2 aromatic carbocycles. The molecular formula is C21H18BrN3O4. The van der Waals surface area contributed by atoms with Gasteiger partial charge in [0, 0.05) is 10.9 Å². The minimum absolute atomic E-state index is 0.0630. The van der Waals surface area contributed by atoms with E-state index in [1.54, 1.807) is 6.07 Å². The van der Waals surface area contributed by atoms with Crippen LogP contribution in [0.15, 0.2) is 58.8 Å². The van der Waals surface area contributed by atoms with Crippen LogP contribution in [0.1, 0.15) is 18.7 Å². The third-order valence-corrected chi connectivity index (χ3v) is 4.48. The number of nitriles is 1. The summed E-state index contributed by atoms with van der Waals surface area (Å²) in [6, 6.07) is 16.6. The SMILES string of the molecule is N#CC(=C(O)COC(=O)CCCOc1cccc(Br)c1)c1nc2ccccc2[nH]1. The molecule has 2 N–H and O–H groups in total. The minimum Gasteiger partial charge on any atom is -0.507 e. The molecule has 29 heavy (non-hydrogen) atoms. The zero-order valence-corrected chi connectivity index (χ0v) is 17.0. The van der Waals surface area contributed by atoms with Crippen LogP contribution in [0.5, 0.6) is 5.75 Å². The Kier molecular flexibility index (Phi) is 6.87. The number of allylic oxidation sites excluding steroid dienone is 1. The monoisotopic (exact) mass is 455 g/mol. The van der Waals surface area contributed by atoms with E-state index in [1.807, 2.05) is 48.5 Å². The summed E-state index contributed by atoms with van der Waals surface area (Å²) in [7, 11) is 0. The summed E-state index contributed by atoms with van der Waals surface area (Å²) in [6.45, 7) is -0.0406. The van der Waals surface area contributed by atoms with Crippen molar-refractivity contribution in [3.63, 3.8) is 0 Å². The summed E-state index contributed by atoms with van der Waals surface area (Å²) in [4.78, 5) is 19.1. The highest BCUT2D eigenvalue weighted by Crippen LogP contribution is 2.19. The minimum atomic E-state index is -0.490. The predicted molar refractivity (Wildman–Crippen MR) is 111 cm³/mol. The first kappa shape index (κ1) is 20.4. The van der Waals surface area contributed by atoms with Crippen molar-refractivity contribution in [1.29, 1.82) is 5.26 Å². The Labute approximate surface area is 175 Å². The van der Waals surface area contributed by atoms with Gasteiger partial charge >= 0.3 is 5.97 Å². The van der Waals surface area contributed by atoms with Crippen molar-refractivity contribution in [2.75, 3.05) is 13.2 Å². The Morgan fingerprint density at radius 3 is 2.83 bits per heavy atom. The maximum absolute atomic E-state index is 11.9. The molecule has 0 aliphatic carbocycles. The molecule has 0 radical (unpaired) electrons. The van der Waals surface area contributed by atoms with Gasteiger partial charge in [0.05, 0.1) is 17.6 Å². The van der Waals surface area contributed by atoms with E-state index < -0.39 is 12.6 Å². The number of hydrogen-bond acceptors (Lipinski definition) is 6. The van der Waals surface area contributed by atoms with Crippen molar-refractivity contribution in [3.8, 4) is 11.8 Å². The summed E-state index contributed by atoms with van der Waals surface area (Å²) < 4.78 is 11.5. The Morgan fingerprint density at radius 2 is 2.07 bits per heavy atom. The highest BCUT2D eigenvalue weighted by atomic mass is 79.9. The molecule has 7 nitrogen and oxygen atoms in total. The molecule has 0 atom stereocenters. The fourth-order valence-electron chi connectivity index (χ4n) is 2.58. The number of para-hydroxylation sites is 2. The standard InChI is InChI=1S/C21H18BrN3O4/c22-14-5-3-6-15(11-14)28-10-4-9-20(27)29-13-19(26)16(12-23)21-24-17-7-1-2-8-18(17)25-21/h1-3,5-8,11,26H,4,9-10,13H2,(H,24,25). The van der Waals surface area contributed by atoms with Crippen LogP contribution in [0.4, 0.5) is 0 Å². The number of carbonyl (C=O) groups excluding carboxylic acids is 1. The van der Waals surface area contributed by atoms with E-state index in [9.17, 15) is 15.2 Å². The van der Waals surface area contributed by atoms with E-state index in [1.165, 1.54) is 0 Å². The average molecular weight is 456 g/mol.